The van der Waals surface area contributed by atoms with Gasteiger partial charge >= 0.3 is 10.2 Å². The molecular formula is C9H13FN2O2S. The lowest BCUT2D eigenvalue weighted by atomic mass is 10.2. The molecule has 84 valence electrons. The van der Waals surface area contributed by atoms with E-state index in [-0.39, 0.29) is 11.3 Å². The minimum Gasteiger partial charge on any atom is -0.271 e. The molecule has 0 unspecified atom stereocenters. The van der Waals surface area contributed by atoms with E-state index in [1.54, 1.807) is 0 Å². The average molecular weight is 232 g/mol. The second-order valence-corrected chi connectivity index (χ2v) is 5.19. The van der Waals surface area contributed by atoms with Crippen molar-refractivity contribution in [3.8, 4) is 0 Å². The predicted octanol–water partition coefficient (Wildman–Crippen LogP) is 1.35. The SMILES string of the molecule is Cc1c(F)cccc1NS(=O)(=O)N(C)C. The van der Waals surface area contributed by atoms with Crippen molar-refractivity contribution < 1.29 is 12.8 Å². The van der Waals surface area contributed by atoms with Crippen LogP contribution in [0.3, 0.4) is 0 Å². The predicted molar refractivity (Wildman–Crippen MR) is 57.4 cm³/mol. The van der Waals surface area contributed by atoms with Crippen LogP contribution in [0.1, 0.15) is 5.56 Å². The van der Waals surface area contributed by atoms with E-state index in [9.17, 15) is 12.8 Å². The van der Waals surface area contributed by atoms with Crippen molar-refractivity contribution in [2.45, 2.75) is 6.92 Å². The highest BCUT2D eigenvalue weighted by molar-refractivity contribution is 7.90. The molecule has 1 N–H and O–H groups in total. The fraction of sp³-hybridized carbons (Fsp3) is 0.333. The van der Waals surface area contributed by atoms with Gasteiger partial charge in [-0.15, -0.1) is 0 Å². The van der Waals surface area contributed by atoms with Crippen LogP contribution in [0.4, 0.5) is 10.1 Å². The van der Waals surface area contributed by atoms with Crippen LogP contribution in [-0.2, 0) is 10.2 Å². The number of anilines is 1. The maximum Gasteiger partial charge on any atom is 0.301 e. The quantitative estimate of drug-likeness (QED) is 0.855. The van der Waals surface area contributed by atoms with E-state index >= 15 is 0 Å². The lowest BCUT2D eigenvalue weighted by Gasteiger charge is -2.14. The molecule has 0 atom stereocenters. The van der Waals surface area contributed by atoms with Gasteiger partial charge in [0.15, 0.2) is 0 Å². The van der Waals surface area contributed by atoms with Crippen molar-refractivity contribution in [1.29, 1.82) is 0 Å². The summed E-state index contributed by atoms with van der Waals surface area (Å²) in [6, 6.07) is 4.25. The molecule has 6 heteroatoms. The maximum absolute atomic E-state index is 13.1. The average Bonchev–Trinajstić information content (AvgIpc) is 2.12. The Morgan fingerprint density at radius 1 is 1.33 bits per heavy atom. The first-order valence-electron chi connectivity index (χ1n) is 4.30. The monoisotopic (exact) mass is 232 g/mol. The Bertz CT molecular complexity index is 457. The number of halogens is 1. The van der Waals surface area contributed by atoms with Crippen molar-refractivity contribution >= 4 is 15.9 Å². The summed E-state index contributed by atoms with van der Waals surface area (Å²) in [6.45, 7) is 1.52. The van der Waals surface area contributed by atoms with Gasteiger partial charge in [-0.3, -0.25) is 4.72 Å². The van der Waals surface area contributed by atoms with Gasteiger partial charge in [0.25, 0.3) is 0 Å². The Morgan fingerprint density at radius 2 is 1.93 bits per heavy atom. The summed E-state index contributed by atoms with van der Waals surface area (Å²) in [5, 5.41) is 0. The largest absolute Gasteiger partial charge is 0.301 e. The number of benzene rings is 1. The second kappa shape index (κ2) is 4.16. The lowest BCUT2D eigenvalue weighted by molar-refractivity contribution is 0.526. The molecule has 15 heavy (non-hydrogen) atoms. The van der Waals surface area contributed by atoms with Crippen LogP contribution in [-0.4, -0.2) is 26.8 Å². The van der Waals surface area contributed by atoms with Gasteiger partial charge in [0.2, 0.25) is 0 Å². The van der Waals surface area contributed by atoms with Crippen molar-refractivity contribution in [1.82, 2.24) is 4.31 Å². The van der Waals surface area contributed by atoms with Crippen molar-refractivity contribution in [3.63, 3.8) is 0 Å². The zero-order valence-corrected chi connectivity index (χ0v) is 9.60. The molecule has 0 aliphatic heterocycles. The van der Waals surface area contributed by atoms with Crippen LogP contribution in [0.2, 0.25) is 0 Å². The molecule has 1 rings (SSSR count). The smallest absolute Gasteiger partial charge is 0.271 e. The molecule has 1 aromatic rings. The summed E-state index contributed by atoms with van der Waals surface area (Å²) in [5.74, 6) is -0.436. The third-order valence-corrected chi connectivity index (χ3v) is 3.43. The summed E-state index contributed by atoms with van der Waals surface area (Å²) >= 11 is 0. The van der Waals surface area contributed by atoms with Gasteiger partial charge in [0.05, 0.1) is 5.69 Å². The number of hydrogen-bond acceptors (Lipinski definition) is 2. The molecule has 0 amide bonds. The summed E-state index contributed by atoms with van der Waals surface area (Å²) < 4.78 is 39.3. The van der Waals surface area contributed by atoms with Gasteiger partial charge in [-0.2, -0.15) is 12.7 Å². The summed E-state index contributed by atoms with van der Waals surface area (Å²) in [5.41, 5.74) is 0.534. The Morgan fingerprint density at radius 3 is 2.47 bits per heavy atom. The Balaban J connectivity index is 3.06. The molecule has 0 heterocycles. The van der Waals surface area contributed by atoms with Crippen LogP contribution in [0.5, 0.6) is 0 Å². The zero-order chi connectivity index (χ0) is 11.6. The van der Waals surface area contributed by atoms with E-state index in [1.165, 1.54) is 39.2 Å². The van der Waals surface area contributed by atoms with Crippen molar-refractivity contribution in [2.24, 2.45) is 0 Å². The maximum atomic E-state index is 13.1. The van der Waals surface area contributed by atoms with Crippen molar-refractivity contribution in [2.75, 3.05) is 18.8 Å². The summed E-state index contributed by atoms with van der Waals surface area (Å²) in [6.07, 6.45) is 0. The van der Waals surface area contributed by atoms with Crippen LogP contribution in [0.15, 0.2) is 18.2 Å². The highest BCUT2D eigenvalue weighted by Crippen LogP contribution is 2.18. The number of nitrogens with one attached hydrogen (secondary N) is 1. The first-order valence-corrected chi connectivity index (χ1v) is 5.74. The molecule has 0 aromatic heterocycles. The Hall–Kier alpha value is -1.14. The van der Waals surface area contributed by atoms with E-state index in [0.717, 1.165) is 4.31 Å². The molecule has 0 saturated heterocycles. The second-order valence-electron chi connectivity index (χ2n) is 3.30. The Labute approximate surface area is 88.9 Å². The molecule has 0 spiro atoms. The first kappa shape index (κ1) is 11.9. The highest BCUT2D eigenvalue weighted by atomic mass is 32.2. The third-order valence-electron chi connectivity index (χ3n) is 1.99. The number of rotatable bonds is 3. The summed E-state index contributed by atoms with van der Waals surface area (Å²) in [4.78, 5) is 0. The summed E-state index contributed by atoms with van der Waals surface area (Å²) in [7, 11) is -0.774. The first-order chi connectivity index (χ1) is 6.84. The van der Waals surface area contributed by atoms with Gasteiger partial charge in [-0.1, -0.05) is 6.07 Å². The topological polar surface area (TPSA) is 49.4 Å². The molecular weight excluding hydrogens is 219 g/mol. The van der Waals surface area contributed by atoms with Gasteiger partial charge in [0.1, 0.15) is 5.82 Å². The molecule has 0 saturated carbocycles. The van der Waals surface area contributed by atoms with E-state index in [2.05, 4.69) is 4.72 Å². The van der Waals surface area contributed by atoms with E-state index in [1.807, 2.05) is 0 Å². The molecule has 0 aliphatic carbocycles. The number of nitrogens with zero attached hydrogens (tertiary/aromatic N) is 1. The molecule has 4 nitrogen and oxygen atoms in total. The van der Waals surface area contributed by atoms with E-state index in [0.29, 0.717) is 0 Å². The molecule has 0 radical (unpaired) electrons. The molecule has 0 aliphatic rings. The van der Waals surface area contributed by atoms with Gasteiger partial charge in [-0.25, -0.2) is 4.39 Å². The molecule has 1 aromatic carbocycles. The number of hydrogen-bond donors (Lipinski definition) is 1. The zero-order valence-electron chi connectivity index (χ0n) is 8.78. The van der Waals surface area contributed by atoms with Gasteiger partial charge < -0.3 is 0 Å². The molecule has 0 fully saturated rings. The van der Waals surface area contributed by atoms with E-state index in [4.69, 9.17) is 0 Å². The van der Waals surface area contributed by atoms with Gasteiger partial charge in [0, 0.05) is 19.7 Å². The van der Waals surface area contributed by atoms with Crippen LogP contribution in [0.25, 0.3) is 0 Å². The minimum atomic E-state index is -3.57. The van der Waals surface area contributed by atoms with E-state index < -0.39 is 16.0 Å². The van der Waals surface area contributed by atoms with Crippen LogP contribution >= 0.6 is 0 Å². The fourth-order valence-corrected chi connectivity index (χ4v) is 1.63. The standard InChI is InChI=1S/C9H13FN2O2S/c1-7-8(10)5-4-6-9(7)11-15(13,14)12(2)3/h4-6,11H,1-3H3. The molecule has 0 bridgehead atoms. The normalized spacial score (nSPS) is 11.8. The van der Waals surface area contributed by atoms with Gasteiger partial charge in [-0.05, 0) is 19.1 Å². The van der Waals surface area contributed by atoms with Crippen LogP contribution < -0.4 is 4.72 Å². The minimum absolute atomic E-state index is 0.253. The third kappa shape index (κ3) is 2.66. The Kier molecular flexibility index (Phi) is 3.31. The van der Waals surface area contributed by atoms with Crippen molar-refractivity contribution in [3.05, 3.63) is 29.6 Å². The highest BCUT2D eigenvalue weighted by Gasteiger charge is 2.14. The lowest BCUT2D eigenvalue weighted by Crippen LogP contribution is -2.29. The van der Waals surface area contributed by atoms with Crippen LogP contribution in [0, 0.1) is 12.7 Å². The fourth-order valence-electron chi connectivity index (χ4n) is 0.948.